The highest BCUT2D eigenvalue weighted by Crippen LogP contribution is 2.52. The number of nitrogens with one attached hydrogen (secondary N) is 1. The van der Waals surface area contributed by atoms with E-state index in [9.17, 15) is 14.4 Å². The standard InChI is InChI=1S/C19H18N2O5/c22-15(20-7-10-1-4-13-14(5-10)26-9-25-13)8-21-18(23)16-11-2-3-12(6-11)17(16)19(21)24/h1-5,11-12,16-17H,6-9H2,(H,20,22)/t11-,12-,16-,17-/m0/s1. The zero-order chi connectivity index (χ0) is 17.8. The molecule has 26 heavy (non-hydrogen) atoms. The summed E-state index contributed by atoms with van der Waals surface area (Å²) in [6.07, 6.45) is 4.97. The lowest BCUT2D eigenvalue weighted by Gasteiger charge is -2.16. The number of benzene rings is 1. The Hall–Kier alpha value is -2.83. The summed E-state index contributed by atoms with van der Waals surface area (Å²) < 4.78 is 10.6. The predicted octanol–water partition coefficient (Wildman–Crippen LogP) is 0.839. The van der Waals surface area contributed by atoms with E-state index in [4.69, 9.17) is 9.47 Å². The van der Waals surface area contributed by atoms with Crippen LogP contribution in [0.25, 0.3) is 0 Å². The molecule has 4 aliphatic rings. The Labute approximate surface area is 149 Å². The van der Waals surface area contributed by atoms with Gasteiger partial charge in [-0.1, -0.05) is 18.2 Å². The van der Waals surface area contributed by atoms with E-state index in [2.05, 4.69) is 5.32 Å². The van der Waals surface area contributed by atoms with Crippen molar-refractivity contribution in [1.82, 2.24) is 10.2 Å². The summed E-state index contributed by atoms with van der Waals surface area (Å²) in [4.78, 5) is 38.6. The average Bonchev–Trinajstić information content (AvgIpc) is 3.40. The first kappa shape index (κ1) is 15.4. The summed E-state index contributed by atoms with van der Waals surface area (Å²) in [5.74, 6) is 0.375. The predicted molar refractivity (Wildman–Crippen MR) is 88.8 cm³/mol. The van der Waals surface area contributed by atoms with Crippen LogP contribution in [0.15, 0.2) is 30.4 Å². The number of likely N-dealkylation sites (tertiary alicyclic amines) is 1. The van der Waals surface area contributed by atoms with E-state index in [1.165, 1.54) is 0 Å². The Morgan fingerprint density at radius 2 is 1.77 bits per heavy atom. The van der Waals surface area contributed by atoms with Gasteiger partial charge in [-0.25, -0.2) is 0 Å². The van der Waals surface area contributed by atoms with Crippen molar-refractivity contribution in [2.75, 3.05) is 13.3 Å². The minimum Gasteiger partial charge on any atom is -0.454 e. The van der Waals surface area contributed by atoms with Crippen LogP contribution < -0.4 is 14.8 Å². The van der Waals surface area contributed by atoms with Crippen molar-refractivity contribution in [1.29, 1.82) is 0 Å². The summed E-state index contributed by atoms with van der Waals surface area (Å²) >= 11 is 0. The molecule has 2 heterocycles. The highest BCUT2D eigenvalue weighted by molar-refractivity contribution is 6.08. The zero-order valence-corrected chi connectivity index (χ0v) is 14.0. The van der Waals surface area contributed by atoms with Gasteiger partial charge in [-0.2, -0.15) is 0 Å². The third-order valence-corrected chi connectivity index (χ3v) is 5.79. The van der Waals surface area contributed by atoms with Crippen LogP contribution in [-0.2, 0) is 20.9 Å². The van der Waals surface area contributed by atoms with Crippen molar-refractivity contribution < 1.29 is 23.9 Å². The van der Waals surface area contributed by atoms with Gasteiger partial charge in [0.15, 0.2) is 11.5 Å². The monoisotopic (exact) mass is 354 g/mol. The van der Waals surface area contributed by atoms with Crippen LogP contribution >= 0.6 is 0 Å². The third kappa shape index (κ3) is 2.23. The topological polar surface area (TPSA) is 84.9 Å². The summed E-state index contributed by atoms with van der Waals surface area (Å²) in [6.45, 7) is 0.281. The van der Waals surface area contributed by atoms with Crippen molar-refractivity contribution in [3.63, 3.8) is 0 Å². The van der Waals surface area contributed by atoms with Crippen LogP contribution in [0.1, 0.15) is 12.0 Å². The van der Waals surface area contributed by atoms with Crippen LogP contribution in [0.4, 0.5) is 0 Å². The van der Waals surface area contributed by atoms with Crippen molar-refractivity contribution in [3.05, 3.63) is 35.9 Å². The molecule has 7 nitrogen and oxygen atoms in total. The number of carbonyl (C=O) groups excluding carboxylic acids is 3. The molecule has 0 radical (unpaired) electrons. The SMILES string of the molecule is O=C(CN1C(=O)[C@@H]2[C@@H](C1=O)[C@H]1C=C[C@H]2C1)NCc1ccc2c(c1)OCO2. The number of allylic oxidation sites excluding steroid dienone is 2. The van der Waals surface area contributed by atoms with Gasteiger partial charge in [-0.05, 0) is 36.0 Å². The van der Waals surface area contributed by atoms with Gasteiger partial charge >= 0.3 is 0 Å². The molecule has 134 valence electrons. The molecule has 1 saturated carbocycles. The molecule has 1 saturated heterocycles. The first-order valence-corrected chi connectivity index (χ1v) is 8.80. The van der Waals surface area contributed by atoms with Gasteiger partial charge < -0.3 is 14.8 Å². The van der Waals surface area contributed by atoms with Crippen LogP contribution in [0, 0.1) is 23.7 Å². The van der Waals surface area contributed by atoms with Gasteiger partial charge in [-0.3, -0.25) is 19.3 Å². The number of hydrogen-bond donors (Lipinski definition) is 1. The molecule has 7 heteroatoms. The van der Waals surface area contributed by atoms with Crippen molar-refractivity contribution in [2.45, 2.75) is 13.0 Å². The molecule has 0 unspecified atom stereocenters. The van der Waals surface area contributed by atoms with Crippen molar-refractivity contribution in [3.8, 4) is 11.5 Å². The average molecular weight is 354 g/mol. The number of carbonyl (C=O) groups is 3. The number of rotatable bonds is 4. The van der Waals surface area contributed by atoms with Crippen LogP contribution in [-0.4, -0.2) is 36.0 Å². The molecule has 2 fully saturated rings. The van der Waals surface area contributed by atoms with Crippen LogP contribution in [0.5, 0.6) is 11.5 Å². The lowest BCUT2D eigenvalue weighted by molar-refractivity contribution is -0.144. The van der Waals surface area contributed by atoms with E-state index < -0.39 is 0 Å². The summed E-state index contributed by atoms with van der Waals surface area (Å²) in [7, 11) is 0. The van der Waals surface area contributed by atoms with Gasteiger partial charge in [0.1, 0.15) is 6.54 Å². The quantitative estimate of drug-likeness (QED) is 0.640. The first-order valence-electron chi connectivity index (χ1n) is 8.80. The first-order chi connectivity index (χ1) is 12.6. The Bertz CT molecular complexity index is 818. The molecule has 0 aromatic heterocycles. The molecule has 2 bridgehead atoms. The molecule has 2 aliphatic heterocycles. The normalized spacial score (nSPS) is 30.2. The van der Waals surface area contributed by atoms with E-state index in [0.717, 1.165) is 16.9 Å². The minimum atomic E-state index is -0.343. The van der Waals surface area contributed by atoms with Gasteiger partial charge in [0.05, 0.1) is 11.8 Å². The van der Waals surface area contributed by atoms with E-state index in [0.29, 0.717) is 18.0 Å². The molecule has 2 aliphatic carbocycles. The van der Waals surface area contributed by atoms with E-state index in [1.807, 2.05) is 24.3 Å². The molecular weight excluding hydrogens is 336 g/mol. The second-order valence-electron chi connectivity index (χ2n) is 7.23. The molecule has 4 atom stereocenters. The highest BCUT2D eigenvalue weighted by atomic mass is 16.7. The van der Waals surface area contributed by atoms with E-state index >= 15 is 0 Å². The Kier molecular flexibility index (Phi) is 3.32. The van der Waals surface area contributed by atoms with E-state index in [-0.39, 0.29) is 54.7 Å². The Morgan fingerprint density at radius 1 is 1.08 bits per heavy atom. The summed E-state index contributed by atoms with van der Waals surface area (Å²) in [5, 5.41) is 2.76. The molecule has 1 aromatic rings. The third-order valence-electron chi connectivity index (χ3n) is 5.79. The molecule has 1 N–H and O–H groups in total. The number of hydrogen-bond acceptors (Lipinski definition) is 5. The van der Waals surface area contributed by atoms with Gasteiger partial charge in [0.25, 0.3) is 0 Å². The minimum absolute atomic E-state index is 0.156. The number of ether oxygens (including phenoxy) is 2. The lowest BCUT2D eigenvalue weighted by Crippen LogP contribution is -2.41. The maximum Gasteiger partial charge on any atom is 0.240 e. The van der Waals surface area contributed by atoms with Gasteiger partial charge in [0, 0.05) is 6.54 Å². The second-order valence-corrected chi connectivity index (χ2v) is 7.23. The Morgan fingerprint density at radius 3 is 2.50 bits per heavy atom. The maximum absolute atomic E-state index is 12.6. The van der Waals surface area contributed by atoms with Gasteiger partial charge in [0.2, 0.25) is 24.5 Å². The molecular formula is C19H18N2O5. The number of amides is 3. The molecule has 5 rings (SSSR count). The van der Waals surface area contributed by atoms with E-state index in [1.54, 1.807) is 6.07 Å². The van der Waals surface area contributed by atoms with Crippen LogP contribution in [0.3, 0.4) is 0 Å². The van der Waals surface area contributed by atoms with Gasteiger partial charge in [-0.15, -0.1) is 0 Å². The lowest BCUT2D eigenvalue weighted by atomic mass is 9.85. The fourth-order valence-electron chi connectivity index (χ4n) is 4.57. The largest absolute Gasteiger partial charge is 0.454 e. The van der Waals surface area contributed by atoms with Crippen molar-refractivity contribution in [2.24, 2.45) is 23.7 Å². The number of nitrogens with zero attached hydrogens (tertiary/aromatic N) is 1. The number of imide groups is 1. The van der Waals surface area contributed by atoms with Crippen LogP contribution in [0.2, 0.25) is 0 Å². The molecule has 3 amide bonds. The summed E-state index contributed by atoms with van der Waals surface area (Å²) in [6, 6.07) is 5.44. The maximum atomic E-state index is 12.6. The van der Waals surface area contributed by atoms with Crippen molar-refractivity contribution >= 4 is 17.7 Å². The summed E-state index contributed by atoms with van der Waals surface area (Å²) in [5.41, 5.74) is 0.862. The fraction of sp³-hybridized carbons (Fsp3) is 0.421. The second kappa shape index (κ2) is 5.59. The highest BCUT2D eigenvalue weighted by Gasteiger charge is 2.59. The number of fused-ring (bicyclic) bond motifs is 6. The fourth-order valence-corrected chi connectivity index (χ4v) is 4.57. The Balaban J connectivity index is 1.21. The molecule has 1 aromatic carbocycles. The zero-order valence-electron chi connectivity index (χ0n) is 14.0. The smallest absolute Gasteiger partial charge is 0.240 e. The molecule has 0 spiro atoms.